The number of rotatable bonds is 4. The Morgan fingerprint density at radius 1 is 1.15 bits per heavy atom. The number of aryl methyl sites for hydroxylation is 1. The molecule has 20 heavy (non-hydrogen) atoms. The molecule has 0 radical (unpaired) electrons. The number of anilines is 1. The van der Waals surface area contributed by atoms with E-state index in [4.69, 9.17) is 9.47 Å². The molecule has 1 aromatic carbocycles. The molecule has 2 rings (SSSR count). The number of benzene rings is 1. The zero-order chi connectivity index (χ0) is 14.5. The van der Waals surface area contributed by atoms with Crippen LogP contribution in [0.3, 0.4) is 0 Å². The first-order valence-corrected chi connectivity index (χ1v) is 5.96. The third-order valence-corrected chi connectivity index (χ3v) is 2.67. The standard InChI is InChI=1S/C14H15N3O3/c1-9-7-16-12(8-15-9)14(18)17-11-5-4-10(19-2)6-13(11)20-3/h4-8H,1-3H3,(H,17,18). The van der Waals surface area contributed by atoms with E-state index in [0.717, 1.165) is 5.69 Å². The van der Waals surface area contributed by atoms with Gasteiger partial charge in [-0.15, -0.1) is 0 Å². The average molecular weight is 273 g/mol. The maximum absolute atomic E-state index is 12.0. The maximum Gasteiger partial charge on any atom is 0.275 e. The van der Waals surface area contributed by atoms with Crippen molar-refractivity contribution in [2.75, 3.05) is 19.5 Å². The normalized spacial score (nSPS) is 9.95. The lowest BCUT2D eigenvalue weighted by Gasteiger charge is -2.11. The second-order valence-electron chi connectivity index (χ2n) is 4.06. The van der Waals surface area contributed by atoms with Crippen molar-refractivity contribution in [2.24, 2.45) is 0 Å². The predicted molar refractivity (Wildman–Crippen MR) is 74.3 cm³/mol. The Balaban J connectivity index is 2.21. The van der Waals surface area contributed by atoms with Crippen LogP contribution in [-0.2, 0) is 0 Å². The number of nitrogens with one attached hydrogen (secondary N) is 1. The number of nitrogens with zero attached hydrogens (tertiary/aromatic N) is 2. The van der Waals surface area contributed by atoms with Gasteiger partial charge in [-0.25, -0.2) is 4.98 Å². The van der Waals surface area contributed by atoms with E-state index in [0.29, 0.717) is 17.2 Å². The van der Waals surface area contributed by atoms with Crippen molar-refractivity contribution in [2.45, 2.75) is 6.92 Å². The van der Waals surface area contributed by atoms with Crippen LogP contribution in [0.4, 0.5) is 5.69 Å². The van der Waals surface area contributed by atoms with Crippen molar-refractivity contribution in [3.8, 4) is 11.5 Å². The fourth-order valence-electron chi connectivity index (χ4n) is 1.60. The fraction of sp³-hybridized carbons (Fsp3) is 0.214. The van der Waals surface area contributed by atoms with Crippen LogP contribution in [0.1, 0.15) is 16.2 Å². The van der Waals surface area contributed by atoms with Gasteiger partial charge in [-0.05, 0) is 19.1 Å². The van der Waals surface area contributed by atoms with Gasteiger partial charge in [0, 0.05) is 12.3 Å². The highest BCUT2D eigenvalue weighted by molar-refractivity contribution is 6.03. The highest BCUT2D eigenvalue weighted by Gasteiger charge is 2.12. The number of ether oxygens (including phenoxy) is 2. The summed E-state index contributed by atoms with van der Waals surface area (Å²) in [6.07, 6.45) is 2.97. The minimum absolute atomic E-state index is 0.244. The van der Waals surface area contributed by atoms with Crippen LogP contribution in [0.25, 0.3) is 0 Å². The summed E-state index contributed by atoms with van der Waals surface area (Å²) in [5, 5.41) is 2.73. The monoisotopic (exact) mass is 273 g/mol. The van der Waals surface area contributed by atoms with Crippen LogP contribution in [-0.4, -0.2) is 30.1 Å². The number of aromatic nitrogens is 2. The summed E-state index contributed by atoms with van der Waals surface area (Å²) < 4.78 is 10.3. The predicted octanol–water partition coefficient (Wildman–Crippen LogP) is 2.05. The molecule has 104 valence electrons. The van der Waals surface area contributed by atoms with Gasteiger partial charge in [-0.2, -0.15) is 0 Å². The molecule has 0 spiro atoms. The van der Waals surface area contributed by atoms with Gasteiger partial charge >= 0.3 is 0 Å². The smallest absolute Gasteiger partial charge is 0.275 e. The highest BCUT2D eigenvalue weighted by Crippen LogP contribution is 2.29. The van der Waals surface area contributed by atoms with Crippen LogP contribution in [0.2, 0.25) is 0 Å². The molecule has 0 saturated carbocycles. The first-order chi connectivity index (χ1) is 9.63. The first kappa shape index (κ1) is 13.8. The summed E-state index contributed by atoms with van der Waals surface area (Å²) in [5.74, 6) is 0.814. The molecule has 0 saturated heterocycles. The molecular formula is C14H15N3O3. The lowest BCUT2D eigenvalue weighted by Crippen LogP contribution is -2.14. The zero-order valence-electron chi connectivity index (χ0n) is 11.5. The molecule has 0 bridgehead atoms. The Labute approximate surface area is 116 Å². The summed E-state index contributed by atoms with van der Waals surface area (Å²) in [4.78, 5) is 20.1. The van der Waals surface area contributed by atoms with Crippen molar-refractivity contribution in [1.82, 2.24) is 9.97 Å². The van der Waals surface area contributed by atoms with Crippen LogP contribution < -0.4 is 14.8 Å². The Kier molecular flexibility index (Phi) is 4.14. The van der Waals surface area contributed by atoms with Gasteiger partial charge < -0.3 is 14.8 Å². The molecule has 0 aliphatic rings. The summed E-state index contributed by atoms with van der Waals surface area (Å²) in [5.41, 5.74) is 1.54. The van der Waals surface area contributed by atoms with Crippen molar-refractivity contribution < 1.29 is 14.3 Å². The Morgan fingerprint density at radius 3 is 2.55 bits per heavy atom. The molecule has 1 amide bonds. The maximum atomic E-state index is 12.0. The SMILES string of the molecule is COc1ccc(NC(=O)c2cnc(C)cn2)c(OC)c1. The van der Waals surface area contributed by atoms with Crippen molar-refractivity contribution in [1.29, 1.82) is 0 Å². The van der Waals surface area contributed by atoms with Crippen LogP contribution in [0.15, 0.2) is 30.6 Å². The number of amides is 1. The lowest BCUT2D eigenvalue weighted by molar-refractivity contribution is 0.102. The van der Waals surface area contributed by atoms with E-state index >= 15 is 0 Å². The molecule has 1 heterocycles. The van der Waals surface area contributed by atoms with Crippen molar-refractivity contribution in [3.05, 3.63) is 42.0 Å². The summed E-state index contributed by atoms with van der Waals surface area (Å²) >= 11 is 0. The minimum Gasteiger partial charge on any atom is -0.497 e. The largest absolute Gasteiger partial charge is 0.497 e. The fourth-order valence-corrected chi connectivity index (χ4v) is 1.60. The molecule has 6 nitrogen and oxygen atoms in total. The van der Waals surface area contributed by atoms with Gasteiger partial charge in [0.05, 0.1) is 31.8 Å². The molecule has 0 aliphatic heterocycles. The van der Waals surface area contributed by atoms with Gasteiger partial charge in [0.1, 0.15) is 17.2 Å². The molecule has 0 unspecified atom stereocenters. The molecule has 0 aliphatic carbocycles. The second-order valence-corrected chi connectivity index (χ2v) is 4.06. The molecule has 1 aromatic heterocycles. The number of hydrogen-bond acceptors (Lipinski definition) is 5. The van der Waals surface area contributed by atoms with Crippen molar-refractivity contribution in [3.63, 3.8) is 0 Å². The third kappa shape index (κ3) is 3.03. The summed E-state index contributed by atoms with van der Waals surface area (Å²) in [7, 11) is 3.09. The third-order valence-electron chi connectivity index (χ3n) is 2.67. The van der Waals surface area contributed by atoms with E-state index in [9.17, 15) is 4.79 Å². The van der Waals surface area contributed by atoms with Gasteiger partial charge in [0.15, 0.2) is 0 Å². The summed E-state index contributed by atoms with van der Waals surface area (Å²) in [6.45, 7) is 1.81. The molecule has 0 fully saturated rings. The second kappa shape index (κ2) is 6.01. The number of carbonyl (C=O) groups excluding carboxylic acids is 1. The first-order valence-electron chi connectivity index (χ1n) is 5.96. The zero-order valence-corrected chi connectivity index (χ0v) is 11.5. The van der Waals surface area contributed by atoms with Crippen molar-refractivity contribution >= 4 is 11.6 Å². The van der Waals surface area contributed by atoms with Gasteiger partial charge in [-0.3, -0.25) is 9.78 Å². The van der Waals surface area contributed by atoms with E-state index in [-0.39, 0.29) is 11.6 Å². The topological polar surface area (TPSA) is 73.3 Å². The molecule has 0 atom stereocenters. The van der Waals surface area contributed by atoms with E-state index < -0.39 is 0 Å². The Bertz CT molecular complexity index is 612. The van der Waals surface area contributed by atoms with Crippen LogP contribution in [0, 0.1) is 6.92 Å². The van der Waals surface area contributed by atoms with Gasteiger partial charge in [0.25, 0.3) is 5.91 Å². The average Bonchev–Trinajstić information content (AvgIpc) is 2.48. The van der Waals surface area contributed by atoms with E-state index in [2.05, 4.69) is 15.3 Å². The van der Waals surface area contributed by atoms with E-state index in [1.807, 2.05) is 0 Å². The highest BCUT2D eigenvalue weighted by atomic mass is 16.5. The van der Waals surface area contributed by atoms with Gasteiger partial charge in [-0.1, -0.05) is 0 Å². The number of carbonyl (C=O) groups is 1. The summed E-state index contributed by atoms with van der Waals surface area (Å²) in [6, 6.07) is 5.13. The van der Waals surface area contributed by atoms with Gasteiger partial charge in [0.2, 0.25) is 0 Å². The van der Waals surface area contributed by atoms with Crippen LogP contribution in [0.5, 0.6) is 11.5 Å². The lowest BCUT2D eigenvalue weighted by atomic mass is 10.2. The molecule has 1 N–H and O–H groups in total. The van der Waals surface area contributed by atoms with E-state index in [1.165, 1.54) is 13.3 Å². The minimum atomic E-state index is -0.346. The van der Waals surface area contributed by atoms with E-state index in [1.54, 1.807) is 38.4 Å². The van der Waals surface area contributed by atoms with Crippen LogP contribution >= 0.6 is 0 Å². The number of hydrogen-bond donors (Lipinski definition) is 1. The Morgan fingerprint density at radius 2 is 1.95 bits per heavy atom. The molecule has 2 aromatic rings. The molecule has 6 heteroatoms. The Hall–Kier alpha value is -2.63. The number of methoxy groups -OCH3 is 2. The molecular weight excluding hydrogens is 258 g/mol. The quantitative estimate of drug-likeness (QED) is 0.923.